The summed E-state index contributed by atoms with van der Waals surface area (Å²) < 4.78 is 10.2. The SMILES string of the molecule is COc1ccc(COC(=O)c2c[nH]c(=O)c(CCO)c2)cc1. The van der Waals surface area contributed by atoms with Crippen molar-refractivity contribution in [2.75, 3.05) is 13.7 Å². The number of hydrogen-bond acceptors (Lipinski definition) is 5. The molecule has 0 aliphatic carbocycles. The average Bonchev–Trinajstić information content (AvgIpc) is 2.55. The summed E-state index contributed by atoms with van der Waals surface area (Å²) in [5.74, 6) is 0.190. The van der Waals surface area contributed by atoms with Crippen molar-refractivity contribution in [1.82, 2.24) is 4.98 Å². The van der Waals surface area contributed by atoms with E-state index in [-0.39, 0.29) is 30.8 Å². The zero-order valence-corrected chi connectivity index (χ0v) is 12.2. The van der Waals surface area contributed by atoms with Crippen LogP contribution in [0, 0.1) is 0 Å². The van der Waals surface area contributed by atoms with Crippen LogP contribution >= 0.6 is 0 Å². The number of methoxy groups -OCH3 is 1. The van der Waals surface area contributed by atoms with E-state index in [1.54, 1.807) is 31.4 Å². The largest absolute Gasteiger partial charge is 0.497 e. The highest BCUT2D eigenvalue weighted by Gasteiger charge is 2.10. The molecule has 1 heterocycles. The van der Waals surface area contributed by atoms with Gasteiger partial charge in [0.1, 0.15) is 12.4 Å². The van der Waals surface area contributed by atoms with Gasteiger partial charge in [0.05, 0.1) is 12.7 Å². The van der Waals surface area contributed by atoms with Crippen molar-refractivity contribution in [3.05, 3.63) is 63.6 Å². The second-order valence-corrected chi connectivity index (χ2v) is 4.64. The Balaban J connectivity index is 2.02. The van der Waals surface area contributed by atoms with Crippen LogP contribution in [-0.2, 0) is 17.8 Å². The standard InChI is InChI=1S/C16H17NO5/c1-21-14-4-2-11(3-5-14)10-22-16(20)13-8-12(6-7-18)15(19)17-9-13/h2-5,8-9,18H,6-7,10H2,1H3,(H,17,19). The van der Waals surface area contributed by atoms with E-state index in [1.165, 1.54) is 12.3 Å². The molecule has 2 N–H and O–H groups in total. The molecular formula is C16H17NO5. The third-order valence-electron chi connectivity index (χ3n) is 3.13. The molecule has 6 heteroatoms. The Labute approximate surface area is 127 Å². The minimum Gasteiger partial charge on any atom is -0.497 e. The van der Waals surface area contributed by atoms with Crippen molar-refractivity contribution in [2.24, 2.45) is 0 Å². The molecule has 22 heavy (non-hydrogen) atoms. The van der Waals surface area contributed by atoms with Gasteiger partial charge in [-0.2, -0.15) is 0 Å². The number of aromatic amines is 1. The van der Waals surface area contributed by atoms with Crippen LogP contribution in [0.1, 0.15) is 21.5 Å². The number of carbonyl (C=O) groups is 1. The highest BCUT2D eigenvalue weighted by molar-refractivity contribution is 5.89. The fourth-order valence-corrected chi connectivity index (χ4v) is 1.91. The number of ether oxygens (including phenoxy) is 2. The van der Waals surface area contributed by atoms with Crippen LogP contribution in [0.25, 0.3) is 0 Å². The maximum atomic E-state index is 12.0. The molecule has 0 atom stereocenters. The molecule has 0 fully saturated rings. The third-order valence-corrected chi connectivity index (χ3v) is 3.13. The Hall–Kier alpha value is -2.60. The van der Waals surface area contributed by atoms with E-state index in [0.29, 0.717) is 5.56 Å². The number of aromatic nitrogens is 1. The molecule has 0 aliphatic heterocycles. The van der Waals surface area contributed by atoms with Crippen molar-refractivity contribution in [1.29, 1.82) is 0 Å². The molecule has 1 aromatic heterocycles. The highest BCUT2D eigenvalue weighted by Crippen LogP contribution is 2.12. The summed E-state index contributed by atoms with van der Waals surface area (Å²) in [6.07, 6.45) is 1.49. The minimum absolute atomic E-state index is 0.122. The zero-order chi connectivity index (χ0) is 15.9. The number of carbonyl (C=O) groups excluding carboxylic acids is 1. The van der Waals surface area contributed by atoms with Crippen LogP contribution in [0.15, 0.2) is 41.3 Å². The molecule has 0 saturated heterocycles. The summed E-state index contributed by atoms with van der Waals surface area (Å²) in [5.41, 5.74) is 1.10. The van der Waals surface area contributed by atoms with Crippen LogP contribution in [0.5, 0.6) is 5.75 Å². The average molecular weight is 303 g/mol. The molecule has 0 bridgehead atoms. The molecule has 0 unspecified atom stereocenters. The number of rotatable bonds is 6. The second kappa shape index (κ2) is 7.42. The number of nitrogens with one attached hydrogen (secondary N) is 1. The van der Waals surface area contributed by atoms with E-state index in [2.05, 4.69) is 4.98 Å². The minimum atomic E-state index is -0.536. The van der Waals surface area contributed by atoms with Crippen LogP contribution in [0.4, 0.5) is 0 Å². The lowest BCUT2D eigenvalue weighted by atomic mass is 10.1. The van der Waals surface area contributed by atoms with Crippen LogP contribution in [0.3, 0.4) is 0 Å². The summed E-state index contributed by atoms with van der Waals surface area (Å²) >= 11 is 0. The van der Waals surface area contributed by atoms with E-state index in [4.69, 9.17) is 14.6 Å². The Bertz CT molecular complexity index is 690. The molecule has 2 aromatic rings. The molecule has 6 nitrogen and oxygen atoms in total. The number of pyridine rings is 1. The molecule has 0 amide bonds. The first kappa shape index (κ1) is 15.8. The molecule has 0 aliphatic rings. The van der Waals surface area contributed by atoms with Gasteiger partial charge >= 0.3 is 5.97 Å². The van der Waals surface area contributed by atoms with Crippen molar-refractivity contribution in [3.8, 4) is 5.75 Å². The van der Waals surface area contributed by atoms with E-state index in [1.807, 2.05) is 0 Å². The monoisotopic (exact) mass is 303 g/mol. The van der Waals surface area contributed by atoms with Gasteiger partial charge in [-0.15, -0.1) is 0 Å². The Morgan fingerprint density at radius 1 is 1.27 bits per heavy atom. The van der Waals surface area contributed by atoms with Gasteiger partial charge in [-0.25, -0.2) is 4.79 Å². The molecule has 0 spiro atoms. The van der Waals surface area contributed by atoms with E-state index < -0.39 is 5.97 Å². The van der Waals surface area contributed by atoms with Gasteiger partial charge < -0.3 is 19.6 Å². The van der Waals surface area contributed by atoms with Gasteiger partial charge in [-0.3, -0.25) is 4.79 Å². The highest BCUT2D eigenvalue weighted by atomic mass is 16.5. The first-order chi connectivity index (χ1) is 10.6. The Morgan fingerprint density at radius 2 is 2.00 bits per heavy atom. The predicted molar refractivity (Wildman–Crippen MR) is 80.0 cm³/mol. The summed E-state index contributed by atoms with van der Waals surface area (Å²) in [5, 5.41) is 8.89. The molecule has 2 rings (SSSR count). The molecule has 0 saturated carbocycles. The number of benzene rings is 1. The van der Waals surface area contributed by atoms with Crippen LogP contribution < -0.4 is 10.3 Å². The number of aliphatic hydroxyl groups excluding tert-OH is 1. The number of H-pyrrole nitrogens is 1. The summed E-state index contributed by atoms with van der Waals surface area (Å²) in [6, 6.07) is 8.60. The fourth-order valence-electron chi connectivity index (χ4n) is 1.91. The first-order valence-electron chi connectivity index (χ1n) is 6.76. The van der Waals surface area contributed by atoms with Gasteiger partial charge in [0, 0.05) is 24.8 Å². The number of esters is 1. The quantitative estimate of drug-likeness (QED) is 0.785. The maximum Gasteiger partial charge on any atom is 0.339 e. The Kier molecular flexibility index (Phi) is 5.32. The normalized spacial score (nSPS) is 10.3. The lowest BCUT2D eigenvalue weighted by Gasteiger charge is -2.07. The topological polar surface area (TPSA) is 88.6 Å². The van der Waals surface area contributed by atoms with Gasteiger partial charge in [0.25, 0.3) is 5.56 Å². The van der Waals surface area contributed by atoms with Crippen LogP contribution in [0.2, 0.25) is 0 Å². The summed E-state index contributed by atoms with van der Waals surface area (Å²) in [4.78, 5) is 25.9. The van der Waals surface area contributed by atoms with Gasteiger partial charge in [0.15, 0.2) is 0 Å². The maximum absolute atomic E-state index is 12.0. The first-order valence-corrected chi connectivity index (χ1v) is 6.76. The molecule has 116 valence electrons. The number of hydrogen-bond donors (Lipinski definition) is 2. The third kappa shape index (κ3) is 3.95. The van der Waals surface area contributed by atoms with E-state index in [9.17, 15) is 9.59 Å². The lowest BCUT2D eigenvalue weighted by molar-refractivity contribution is 0.0472. The van der Waals surface area contributed by atoms with Gasteiger partial charge in [-0.1, -0.05) is 12.1 Å². The summed E-state index contributed by atoms with van der Waals surface area (Å²) in [6.45, 7) is -0.0370. The zero-order valence-electron chi connectivity index (χ0n) is 12.2. The number of aliphatic hydroxyl groups is 1. The van der Waals surface area contributed by atoms with Gasteiger partial charge in [0.2, 0.25) is 0 Å². The van der Waals surface area contributed by atoms with Crippen molar-refractivity contribution in [3.63, 3.8) is 0 Å². The second-order valence-electron chi connectivity index (χ2n) is 4.64. The summed E-state index contributed by atoms with van der Waals surface area (Å²) in [7, 11) is 1.58. The smallest absolute Gasteiger partial charge is 0.339 e. The van der Waals surface area contributed by atoms with E-state index in [0.717, 1.165) is 11.3 Å². The predicted octanol–water partition coefficient (Wildman–Crippen LogP) is 1.28. The van der Waals surface area contributed by atoms with Gasteiger partial charge in [-0.05, 0) is 23.8 Å². The lowest BCUT2D eigenvalue weighted by Crippen LogP contribution is -2.16. The Morgan fingerprint density at radius 3 is 2.64 bits per heavy atom. The van der Waals surface area contributed by atoms with Crippen molar-refractivity contribution in [2.45, 2.75) is 13.0 Å². The fraction of sp³-hybridized carbons (Fsp3) is 0.250. The van der Waals surface area contributed by atoms with Crippen molar-refractivity contribution >= 4 is 5.97 Å². The molecule has 1 aromatic carbocycles. The van der Waals surface area contributed by atoms with Crippen molar-refractivity contribution < 1.29 is 19.4 Å². The van der Waals surface area contributed by atoms with Crippen LogP contribution in [-0.4, -0.2) is 29.8 Å². The molecular weight excluding hydrogens is 286 g/mol. The van der Waals surface area contributed by atoms with E-state index >= 15 is 0 Å². The molecule has 0 radical (unpaired) electrons.